The fraction of sp³-hybridized carbons (Fsp3) is 0.368. The van der Waals surface area contributed by atoms with Crippen LogP contribution in [0, 0.1) is 5.41 Å². The Kier molecular flexibility index (Phi) is 4.09. The zero-order valence-corrected chi connectivity index (χ0v) is 12.4. The van der Waals surface area contributed by atoms with Gasteiger partial charge in [0.2, 0.25) is 0 Å². The second kappa shape index (κ2) is 5.61. The summed E-state index contributed by atoms with van der Waals surface area (Å²) < 4.78 is 0. The van der Waals surface area contributed by atoms with E-state index in [0.717, 1.165) is 19.3 Å². The van der Waals surface area contributed by atoms with Gasteiger partial charge in [-0.25, -0.2) is 0 Å². The molecule has 0 atom stereocenters. The summed E-state index contributed by atoms with van der Waals surface area (Å²) in [7, 11) is 0. The Morgan fingerprint density at radius 1 is 1.05 bits per heavy atom. The first-order valence-electron chi connectivity index (χ1n) is 7.19. The van der Waals surface area contributed by atoms with Crippen LogP contribution >= 0.6 is 0 Å². The van der Waals surface area contributed by atoms with E-state index in [9.17, 15) is 0 Å². The van der Waals surface area contributed by atoms with Crippen LogP contribution in [0.5, 0.6) is 0 Å². The van der Waals surface area contributed by atoms with Crippen molar-refractivity contribution in [3.8, 4) is 0 Å². The number of benzene rings is 2. The van der Waals surface area contributed by atoms with E-state index in [1.54, 1.807) is 0 Å². The summed E-state index contributed by atoms with van der Waals surface area (Å²) in [6, 6.07) is 15.2. The van der Waals surface area contributed by atoms with Crippen LogP contribution in [-0.4, -0.2) is 0 Å². The number of hydrogen-bond donors (Lipinski definition) is 0. The van der Waals surface area contributed by atoms with Gasteiger partial charge in [-0.1, -0.05) is 75.4 Å². The topological polar surface area (TPSA) is 0 Å². The molecular weight excluding hydrogens is 228 g/mol. The smallest absolute Gasteiger partial charge is 0.0150 e. The maximum atomic E-state index is 4.29. The van der Waals surface area contributed by atoms with E-state index < -0.39 is 0 Å². The van der Waals surface area contributed by atoms with Crippen molar-refractivity contribution >= 4 is 10.8 Å². The van der Waals surface area contributed by atoms with Crippen LogP contribution in [0.25, 0.3) is 10.8 Å². The van der Waals surface area contributed by atoms with Crippen molar-refractivity contribution in [2.24, 2.45) is 5.41 Å². The van der Waals surface area contributed by atoms with Gasteiger partial charge in [0.25, 0.3) is 0 Å². The molecule has 0 radical (unpaired) electrons. The number of fused-ring (bicyclic) bond motifs is 1. The molecule has 0 amide bonds. The molecule has 0 unspecified atom stereocenters. The van der Waals surface area contributed by atoms with Crippen LogP contribution in [0.3, 0.4) is 0 Å². The summed E-state index contributed by atoms with van der Waals surface area (Å²) in [6.45, 7) is 11.1. The minimum atomic E-state index is 0.255. The maximum absolute atomic E-state index is 4.29. The molecule has 0 saturated heterocycles. The molecule has 0 fully saturated rings. The standard InChI is InChI=1S/C19H24/c1-5-19(3,4)15(2)13-14-17-11-8-10-16-9-6-7-12-18(16)17/h6-12H,2,5,13-14H2,1,3-4H3. The molecule has 19 heavy (non-hydrogen) atoms. The minimum Gasteiger partial charge on any atom is -0.0993 e. The van der Waals surface area contributed by atoms with Gasteiger partial charge in [-0.05, 0) is 41.0 Å². The van der Waals surface area contributed by atoms with Crippen molar-refractivity contribution in [3.05, 3.63) is 60.2 Å². The third-order valence-electron chi connectivity index (χ3n) is 4.42. The third-order valence-corrected chi connectivity index (χ3v) is 4.42. The lowest BCUT2D eigenvalue weighted by Gasteiger charge is -2.26. The van der Waals surface area contributed by atoms with Gasteiger partial charge in [-0.15, -0.1) is 0 Å². The largest absolute Gasteiger partial charge is 0.0993 e. The Bertz CT molecular complexity index is 570. The Hall–Kier alpha value is -1.56. The van der Waals surface area contributed by atoms with E-state index >= 15 is 0 Å². The van der Waals surface area contributed by atoms with Gasteiger partial charge in [0.15, 0.2) is 0 Å². The summed E-state index contributed by atoms with van der Waals surface area (Å²) in [5.74, 6) is 0. The van der Waals surface area contributed by atoms with Crippen LogP contribution in [0.4, 0.5) is 0 Å². The van der Waals surface area contributed by atoms with Gasteiger partial charge in [-0.2, -0.15) is 0 Å². The van der Waals surface area contributed by atoms with Gasteiger partial charge < -0.3 is 0 Å². The zero-order valence-electron chi connectivity index (χ0n) is 12.4. The highest BCUT2D eigenvalue weighted by Gasteiger charge is 2.18. The van der Waals surface area contributed by atoms with E-state index in [2.05, 4.69) is 69.8 Å². The quantitative estimate of drug-likeness (QED) is 0.593. The number of rotatable bonds is 5. The monoisotopic (exact) mass is 252 g/mol. The molecule has 0 aliphatic carbocycles. The van der Waals surface area contributed by atoms with Gasteiger partial charge >= 0.3 is 0 Å². The van der Waals surface area contributed by atoms with Gasteiger partial charge in [0.1, 0.15) is 0 Å². The van der Waals surface area contributed by atoms with Crippen LogP contribution in [-0.2, 0) is 6.42 Å². The SMILES string of the molecule is C=C(CCc1cccc2ccccc12)C(C)(C)CC. The molecule has 0 aromatic heterocycles. The highest BCUT2D eigenvalue weighted by Crippen LogP contribution is 2.32. The fourth-order valence-corrected chi connectivity index (χ4v) is 2.38. The van der Waals surface area contributed by atoms with Crippen LogP contribution in [0.1, 0.15) is 39.2 Å². The molecule has 0 heterocycles. The lowest BCUT2D eigenvalue weighted by Crippen LogP contribution is -2.13. The van der Waals surface area contributed by atoms with Crippen molar-refractivity contribution in [3.63, 3.8) is 0 Å². The highest BCUT2D eigenvalue weighted by atomic mass is 14.2. The average molecular weight is 252 g/mol. The lowest BCUT2D eigenvalue weighted by molar-refractivity contribution is 0.415. The zero-order chi connectivity index (χ0) is 13.9. The van der Waals surface area contributed by atoms with Gasteiger partial charge in [0, 0.05) is 0 Å². The first-order valence-corrected chi connectivity index (χ1v) is 7.19. The van der Waals surface area contributed by atoms with E-state index in [1.807, 2.05) is 0 Å². The molecule has 0 aliphatic heterocycles. The predicted molar refractivity (Wildman–Crippen MR) is 85.5 cm³/mol. The van der Waals surface area contributed by atoms with E-state index in [0.29, 0.717) is 0 Å². The van der Waals surface area contributed by atoms with Crippen LogP contribution in [0.2, 0.25) is 0 Å². The fourth-order valence-electron chi connectivity index (χ4n) is 2.38. The molecule has 0 nitrogen and oxygen atoms in total. The van der Waals surface area contributed by atoms with Crippen molar-refractivity contribution in [2.75, 3.05) is 0 Å². The van der Waals surface area contributed by atoms with E-state index in [1.165, 1.54) is 21.9 Å². The third kappa shape index (κ3) is 3.07. The molecule has 0 spiro atoms. The maximum Gasteiger partial charge on any atom is -0.0150 e. The number of allylic oxidation sites excluding steroid dienone is 1. The Morgan fingerprint density at radius 3 is 2.47 bits per heavy atom. The first kappa shape index (κ1) is 13.9. The van der Waals surface area contributed by atoms with Crippen LogP contribution < -0.4 is 0 Å². The first-order chi connectivity index (χ1) is 9.04. The predicted octanol–water partition coefficient (Wildman–Crippen LogP) is 5.76. The molecule has 2 aromatic carbocycles. The molecule has 2 aromatic rings. The molecule has 0 bridgehead atoms. The number of aryl methyl sites for hydroxylation is 1. The summed E-state index contributed by atoms with van der Waals surface area (Å²) in [5.41, 5.74) is 3.05. The average Bonchev–Trinajstić information content (AvgIpc) is 2.44. The lowest BCUT2D eigenvalue weighted by atomic mass is 9.80. The minimum absolute atomic E-state index is 0.255. The van der Waals surface area contributed by atoms with Crippen LogP contribution in [0.15, 0.2) is 54.6 Å². The second-order valence-corrected chi connectivity index (χ2v) is 5.98. The van der Waals surface area contributed by atoms with Gasteiger partial charge in [-0.3, -0.25) is 0 Å². The Morgan fingerprint density at radius 2 is 1.74 bits per heavy atom. The number of hydrogen-bond acceptors (Lipinski definition) is 0. The summed E-state index contributed by atoms with van der Waals surface area (Å²) in [4.78, 5) is 0. The highest BCUT2D eigenvalue weighted by molar-refractivity contribution is 5.85. The van der Waals surface area contributed by atoms with Crippen molar-refractivity contribution < 1.29 is 0 Å². The molecule has 0 N–H and O–H groups in total. The van der Waals surface area contributed by atoms with Crippen molar-refractivity contribution in [2.45, 2.75) is 40.0 Å². The Balaban J connectivity index is 2.17. The van der Waals surface area contributed by atoms with Crippen molar-refractivity contribution in [1.82, 2.24) is 0 Å². The second-order valence-electron chi connectivity index (χ2n) is 5.98. The Labute approximate surface area is 117 Å². The normalized spacial score (nSPS) is 11.7. The summed E-state index contributed by atoms with van der Waals surface area (Å²) in [5, 5.41) is 2.72. The molecule has 0 heteroatoms. The molecule has 100 valence electrons. The van der Waals surface area contributed by atoms with Crippen molar-refractivity contribution in [1.29, 1.82) is 0 Å². The summed E-state index contributed by atoms with van der Waals surface area (Å²) in [6.07, 6.45) is 3.32. The summed E-state index contributed by atoms with van der Waals surface area (Å²) >= 11 is 0. The molecular formula is C19H24. The molecule has 2 rings (SSSR count). The molecule has 0 saturated carbocycles. The van der Waals surface area contributed by atoms with E-state index in [4.69, 9.17) is 0 Å². The van der Waals surface area contributed by atoms with E-state index in [-0.39, 0.29) is 5.41 Å². The molecule has 0 aliphatic rings. The van der Waals surface area contributed by atoms with Gasteiger partial charge in [0.05, 0.1) is 0 Å².